The molecule has 0 bridgehead atoms. The number of aromatic nitrogens is 2. The van der Waals surface area contributed by atoms with E-state index in [1.807, 2.05) is 6.20 Å². The summed E-state index contributed by atoms with van der Waals surface area (Å²) in [5, 5.41) is 9.26. The maximum atomic E-state index is 9.26. The zero-order valence-corrected chi connectivity index (χ0v) is 10.0. The first-order valence-corrected chi connectivity index (χ1v) is 5.95. The van der Waals surface area contributed by atoms with E-state index in [-0.39, 0.29) is 6.61 Å². The van der Waals surface area contributed by atoms with Crippen molar-refractivity contribution in [3.63, 3.8) is 0 Å². The Morgan fingerprint density at radius 3 is 2.80 bits per heavy atom. The van der Waals surface area contributed by atoms with Crippen molar-refractivity contribution in [1.29, 1.82) is 0 Å². The molecule has 3 unspecified atom stereocenters. The van der Waals surface area contributed by atoms with Crippen molar-refractivity contribution in [2.24, 2.45) is 11.8 Å². The summed E-state index contributed by atoms with van der Waals surface area (Å²) in [7, 11) is 0. The van der Waals surface area contributed by atoms with Crippen molar-refractivity contribution >= 4 is 12.2 Å². The monoisotopic (exact) mass is 226 g/mol. The average Bonchev–Trinajstić information content (AvgIpc) is 2.73. The lowest BCUT2D eigenvalue weighted by molar-refractivity contribution is 0.256. The quantitative estimate of drug-likeness (QED) is 0.761. The molecule has 84 valence electrons. The van der Waals surface area contributed by atoms with Crippen LogP contribution in [0, 0.1) is 16.6 Å². The smallest absolute Gasteiger partial charge is 0.177 e. The van der Waals surface area contributed by atoms with E-state index in [9.17, 15) is 5.11 Å². The molecule has 1 aromatic rings. The number of aliphatic hydroxyl groups is 1. The Bertz CT molecular complexity index is 396. The lowest BCUT2D eigenvalue weighted by Crippen LogP contribution is -2.16. The molecular formula is C11H18N2OS. The predicted molar refractivity (Wildman–Crippen MR) is 62.1 cm³/mol. The third-order valence-electron chi connectivity index (χ3n) is 3.81. The van der Waals surface area contributed by atoms with Gasteiger partial charge in [-0.1, -0.05) is 13.8 Å². The first-order chi connectivity index (χ1) is 7.15. The van der Waals surface area contributed by atoms with Crippen molar-refractivity contribution < 1.29 is 5.11 Å². The van der Waals surface area contributed by atoms with Gasteiger partial charge in [-0.25, -0.2) is 0 Å². The van der Waals surface area contributed by atoms with Crippen LogP contribution in [0.5, 0.6) is 0 Å². The number of H-pyrrole nitrogens is 1. The van der Waals surface area contributed by atoms with Crippen LogP contribution in [0.3, 0.4) is 0 Å². The van der Waals surface area contributed by atoms with Crippen LogP contribution in [-0.4, -0.2) is 14.7 Å². The van der Waals surface area contributed by atoms with Gasteiger partial charge >= 0.3 is 0 Å². The maximum Gasteiger partial charge on any atom is 0.177 e. The second-order valence-corrected chi connectivity index (χ2v) is 4.98. The Balaban J connectivity index is 2.37. The van der Waals surface area contributed by atoms with E-state index in [1.165, 1.54) is 12.8 Å². The number of hydrogen-bond acceptors (Lipinski definition) is 2. The summed E-state index contributed by atoms with van der Waals surface area (Å²) in [6.45, 7) is 4.63. The highest BCUT2D eigenvalue weighted by molar-refractivity contribution is 7.71. The second-order valence-electron chi connectivity index (χ2n) is 4.59. The van der Waals surface area contributed by atoms with E-state index in [0.29, 0.717) is 12.0 Å². The number of hydrogen-bond donors (Lipinski definition) is 2. The van der Waals surface area contributed by atoms with Crippen molar-refractivity contribution in [2.45, 2.75) is 39.3 Å². The van der Waals surface area contributed by atoms with Crippen LogP contribution in [-0.2, 0) is 6.61 Å². The number of nitrogens with zero attached hydrogens (tertiary/aromatic N) is 1. The Labute approximate surface area is 95.1 Å². The van der Waals surface area contributed by atoms with Gasteiger partial charge in [0.15, 0.2) is 4.77 Å². The first-order valence-electron chi connectivity index (χ1n) is 5.54. The van der Waals surface area contributed by atoms with E-state index in [0.717, 1.165) is 16.4 Å². The minimum atomic E-state index is 0.0603. The standard InChI is InChI=1S/C11H18N2OS/c1-7-3-4-10(8(7)2)13-9(6-14)5-12-11(13)15/h5,7-8,10,14H,3-4,6H2,1-2H3,(H,12,15). The van der Waals surface area contributed by atoms with E-state index < -0.39 is 0 Å². The third-order valence-corrected chi connectivity index (χ3v) is 4.12. The molecule has 2 rings (SSSR count). The molecule has 0 aromatic carbocycles. The summed E-state index contributed by atoms with van der Waals surface area (Å²) in [6, 6.07) is 0.459. The number of aliphatic hydroxyl groups excluding tert-OH is 1. The van der Waals surface area contributed by atoms with Gasteiger partial charge in [0.25, 0.3) is 0 Å². The summed E-state index contributed by atoms with van der Waals surface area (Å²) in [6.07, 6.45) is 4.24. The highest BCUT2D eigenvalue weighted by Crippen LogP contribution is 2.40. The van der Waals surface area contributed by atoms with Gasteiger partial charge in [0.2, 0.25) is 0 Å². The summed E-state index contributed by atoms with van der Waals surface area (Å²) in [4.78, 5) is 3.02. The fraction of sp³-hybridized carbons (Fsp3) is 0.727. The van der Waals surface area contributed by atoms with Crippen molar-refractivity contribution in [2.75, 3.05) is 0 Å². The minimum absolute atomic E-state index is 0.0603. The fourth-order valence-corrected chi connectivity index (χ4v) is 2.91. The Morgan fingerprint density at radius 2 is 2.27 bits per heavy atom. The molecule has 0 aliphatic heterocycles. The second kappa shape index (κ2) is 4.10. The summed E-state index contributed by atoms with van der Waals surface area (Å²) in [5.41, 5.74) is 0.908. The lowest BCUT2D eigenvalue weighted by atomic mass is 9.97. The van der Waals surface area contributed by atoms with E-state index in [1.54, 1.807) is 0 Å². The summed E-state index contributed by atoms with van der Waals surface area (Å²) >= 11 is 5.26. The van der Waals surface area contributed by atoms with E-state index in [2.05, 4.69) is 23.4 Å². The van der Waals surface area contributed by atoms with Crippen LogP contribution >= 0.6 is 12.2 Å². The van der Waals surface area contributed by atoms with Crippen LogP contribution in [0.25, 0.3) is 0 Å². The van der Waals surface area contributed by atoms with Gasteiger partial charge < -0.3 is 14.7 Å². The molecule has 15 heavy (non-hydrogen) atoms. The average molecular weight is 226 g/mol. The van der Waals surface area contributed by atoms with Gasteiger partial charge in [-0.15, -0.1) is 0 Å². The first kappa shape index (κ1) is 10.9. The molecule has 1 saturated carbocycles. The lowest BCUT2D eigenvalue weighted by Gasteiger charge is -2.21. The van der Waals surface area contributed by atoms with Crippen LogP contribution < -0.4 is 0 Å². The number of rotatable bonds is 2. The maximum absolute atomic E-state index is 9.26. The van der Waals surface area contributed by atoms with Crippen molar-refractivity contribution in [3.8, 4) is 0 Å². The summed E-state index contributed by atoms with van der Waals surface area (Å²) in [5.74, 6) is 1.39. The van der Waals surface area contributed by atoms with Crippen LogP contribution in [0.1, 0.15) is 38.4 Å². The molecule has 0 radical (unpaired) electrons. The molecule has 3 atom stereocenters. The van der Waals surface area contributed by atoms with Crippen LogP contribution in [0.4, 0.5) is 0 Å². The largest absolute Gasteiger partial charge is 0.390 e. The summed E-state index contributed by atoms with van der Waals surface area (Å²) < 4.78 is 2.84. The topological polar surface area (TPSA) is 41.0 Å². The van der Waals surface area contributed by atoms with Crippen molar-refractivity contribution in [3.05, 3.63) is 16.7 Å². The van der Waals surface area contributed by atoms with Gasteiger partial charge in [0.05, 0.1) is 12.3 Å². The SMILES string of the molecule is CC1CCC(n2c(CO)c[nH]c2=S)C1C. The molecule has 0 amide bonds. The molecule has 1 heterocycles. The van der Waals surface area contributed by atoms with Gasteiger partial charge in [0, 0.05) is 12.2 Å². The Morgan fingerprint density at radius 1 is 1.53 bits per heavy atom. The number of nitrogens with one attached hydrogen (secondary N) is 1. The molecule has 3 nitrogen and oxygen atoms in total. The van der Waals surface area contributed by atoms with E-state index >= 15 is 0 Å². The highest BCUT2D eigenvalue weighted by Gasteiger charge is 2.32. The highest BCUT2D eigenvalue weighted by atomic mass is 32.1. The van der Waals surface area contributed by atoms with Gasteiger partial charge in [-0.2, -0.15) is 0 Å². The molecule has 0 saturated heterocycles. The van der Waals surface area contributed by atoms with Crippen molar-refractivity contribution in [1.82, 2.24) is 9.55 Å². The molecule has 1 aliphatic rings. The van der Waals surface area contributed by atoms with Gasteiger partial charge in [-0.3, -0.25) is 0 Å². The van der Waals surface area contributed by atoms with Crippen LogP contribution in [0.15, 0.2) is 6.20 Å². The fourth-order valence-electron chi connectivity index (χ4n) is 2.60. The molecule has 1 aliphatic carbocycles. The Hall–Kier alpha value is -0.610. The molecule has 4 heteroatoms. The third kappa shape index (κ3) is 1.76. The molecule has 1 fully saturated rings. The molecule has 1 aromatic heterocycles. The Kier molecular flexibility index (Phi) is 2.98. The van der Waals surface area contributed by atoms with Crippen LogP contribution in [0.2, 0.25) is 0 Å². The minimum Gasteiger partial charge on any atom is -0.390 e. The number of aromatic amines is 1. The molecular weight excluding hydrogens is 208 g/mol. The van der Waals surface area contributed by atoms with E-state index in [4.69, 9.17) is 12.2 Å². The van der Waals surface area contributed by atoms with Gasteiger partial charge in [-0.05, 0) is 36.9 Å². The zero-order chi connectivity index (χ0) is 11.0. The number of imidazole rings is 1. The molecule has 0 spiro atoms. The molecule has 2 N–H and O–H groups in total. The zero-order valence-electron chi connectivity index (χ0n) is 9.23. The van der Waals surface area contributed by atoms with Gasteiger partial charge in [0.1, 0.15) is 0 Å². The normalized spacial score (nSPS) is 31.0. The predicted octanol–water partition coefficient (Wildman–Crippen LogP) is 2.65.